The SMILES string of the molecule is CCCNC(CCN(C)CCN(C)C)c1ccc(F)cc1. The average Bonchev–Trinajstić information content (AvgIpc) is 2.46. The lowest BCUT2D eigenvalue weighted by atomic mass is 10.0. The molecule has 21 heavy (non-hydrogen) atoms. The quantitative estimate of drug-likeness (QED) is 0.716. The highest BCUT2D eigenvalue weighted by molar-refractivity contribution is 5.19. The number of likely N-dealkylation sites (N-methyl/N-ethyl adjacent to an activating group) is 2. The van der Waals surface area contributed by atoms with Crippen LogP contribution in [0.2, 0.25) is 0 Å². The molecule has 0 radical (unpaired) electrons. The molecule has 0 fully saturated rings. The van der Waals surface area contributed by atoms with Gasteiger partial charge in [0.25, 0.3) is 0 Å². The first-order valence-corrected chi connectivity index (χ1v) is 7.85. The van der Waals surface area contributed by atoms with E-state index in [0.29, 0.717) is 6.04 Å². The maximum Gasteiger partial charge on any atom is 0.123 e. The third kappa shape index (κ3) is 7.55. The summed E-state index contributed by atoms with van der Waals surface area (Å²) in [4.78, 5) is 4.55. The first kappa shape index (κ1) is 18.1. The Kier molecular flexibility index (Phi) is 8.50. The molecule has 4 heteroatoms. The highest BCUT2D eigenvalue weighted by Gasteiger charge is 2.12. The zero-order chi connectivity index (χ0) is 15.7. The van der Waals surface area contributed by atoms with Crippen LogP contribution in [0.1, 0.15) is 31.4 Å². The van der Waals surface area contributed by atoms with Crippen molar-refractivity contribution in [3.05, 3.63) is 35.6 Å². The fourth-order valence-electron chi connectivity index (χ4n) is 2.23. The Morgan fingerprint density at radius 1 is 1.05 bits per heavy atom. The van der Waals surface area contributed by atoms with Gasteiger partial charge in [0, 0.05) is 19.1 Å². The summed E-state index contributed by atoms with van der Waals surface area (Å²) >= 11 is 0. The molecule has 1 rings (SSSR count). The molecule has 1 N–H and O–H groups in total. The molecule has 1 unspecified atom stereocenters. The summed E-state index contributed by atoms with van der Waals surface area (Å²) in [7, 11) is 6.35. The van der Waals surface area contributed by atoms with E-state index < -0.39 is 0 Å². The van der Waals surface area contributed by atoms with Crippen LogP contribution in [0.3, 0.4) is 0 Å². The highest BCUT2D eigenvalue weighted by Crippen LogP contribution is 2.17. The van der Waals surface area contributed by atoms with E-state index in [1.807, 2.05) is 12.1 Å². The zero-order valence-electron chi connectivity index (χ0n) is 13.9. The van der Waals surface area contributed by atoms with E-state index in [4.69, 9.17) is 0 Å². The molecule has 1 atom stereocenters. The number of rotatable bonds is 10. The van der Waals surface area contributed by atoms with Crippen molar-refractivity contribution in [2.75, 3.05) is 47.3 Å². The van der Waals surface area contributed by atoms with Crippen molar-refractivity contribution in [1.82, 2.24) is 15.1 Å². The lowest BCUT2D eigenvalue weighted by molar-refractivity contribution is 0.268. The van der Waals surface area contributed by atoms with Crippen LogP contribution < -0.4 is 5.32 Å². The molecular weight excluding hydrogens is 265 g/mol. The van der Waals surface area contributed by atoms with E-state index in [2.05, 4.69) is 43.2 Å². The van der Waals surface area contributed by atoms with E-state index in [0.717, 1.165) is 39.0 Å². The molecular formula is C17H30FN3. The van der Waals surface area contributed by atoms with E-state index in [-0.39, 0.29) is 5.82 Å². The third-order valence-corrected chi connectivity index (χ3v) is 3.64. The third-order valence-electron chi connectivity index (χ3n) is 3.64. The van der Waals surface area contributed by atoms with Crippen molar-refractivity contribution < 1.29 is 4.39 Å². The summed E-state index contributed by atoms with van der Waals surface area (Å²) in [6.45, 7) is 6.32. The van der Waals surface area contributed by atoms with Gasteiger partial charge in [0.15, 0.2) is 0 Å². The van der Waals surface area contributed by atoms with Crippen LogP contribution in [0, 0.1) is 5.82 Å². The Hall–Kier alpha value is -0.970. The molecule has 0 heterocycles. The van der Waals surface area contributed by atoms with Gasteiger partial charge in [0.1, 0.15) is 5.82 Å². The van der Waals surface area contributed by atoms with Crippen molar-refractivity contribution in [2.45, 2.75) is 25.8 Å². The number of nitrogens with zero attached hydrogens (tertiary/aromatic N) is 2. The molecule has 1 aromatic rings. The summed E-state index contributed by atoms with van der Waals surface area (Å²) in [5, 5.41) is 3.57. The fourth-order valence-corrected chi connectivity index (χ4v) is 2.23. The molecule has 0 aromatic heterocycles. The first-order valence-electron chi connectivity index (χ1n) is 7.85. The zero-order valence-corrected chi connectivity index (χ0v) is 13.9. The summed E-state index contributed by atoms with van der Waals surface area (Å²) < 4.78 is 13.1. The maximum atomic E-state index is 13.1. The second-order valence-electron chi connectivity index (χ2n) is 5.95. The van der Waals surface area contributed by atoms with Crippen LogP contribution in [0.15, 0.2) is 24.3 Å². The Morgan fingerprint density at radius 2 is 1.71 bits per heavy atom. The topological polar surface area (TPSA) is 18.5 Å². The molecule has 0 aliphatic carbocycles. The van der Waals surface area contributed by atoms with Gasteiger partial charge in [-0.3, -0.25) is 0 Å². The van der Waals surface area contributed by atoms with Crippen molar-refractivity contribution in [3.8, 4) is 0 Å². The predicted octanol–water partition coefficient (Wildman–Crippen LogP) is 2.75. The van der Waals surface area contributed by atoms with Crippen molar-refractivity contribution in [1.29, 1.82) is 0 Å². The van der Waals surface area contributed by atoms with Crippen LogP contribution in [0.25, 0.3) is 0 Å². The molecule has 0 aliphatic rings. The number of nitrogens with one attached hydrogen (secondary N) is 1. The van der Waals surface area contributed by atoms with Crippen LogP contribution in [0.4, 0.5) is 4.39 Å². The number of halogens is 1. The first-order chi connectivity index (χ1) is 10.0. The van der Waals surface area contributed by atoms with Gasteiger partial charge in [-0.2, -0.15) is 0 Å². The molecule has 3 nitrogen and oxygen atoms in total. The minimum absolute atomic E-state index is 0.170. The summed E-state index contributed by atoms with van der Waals surface area (Å²) in [5.41, 5.74) is 1.17. The molecule has 1 aromatic carbocycles. The largest absolute Gasteiger partial charge is 0.310 e. The van der Waals surface area contributed by atoms with Gasteiger partial charge in [-0.25, -0.2) is 4.39 Å². The molecule has 120 valence electrons. The lowest BCUT2D eigenvalue weighted by Crippen LogP contribution is -2.32. The maximum absolute atomic E-state index is 13.1. The van der Waals surface area contributed by atoms with Gasteiger partial charge >= 0.3 is 0 Å². The highest BCUT2D eigenvalue weighted by atomic mass is 19.1. The van der Waals surface area contributed by atoms with E-state index in [9.17, 15) is 4.39 Å². The van der Waals surface area contributed by atoms with Crippen molar-refractivity contribution in [3.63, 3.8) is 0 Å². The molecule has 0 spiro atoms. The Morgan fingerprint density at radius 3 is 2.29 bits per heavy atom. The van der Waals surface area contributed by atoms with Crippen LogP contribution in [-0.2, 0) is 0 Å². The summed E-state index contributed by atoms with van der Waals surface area (Å²) in [6, 6.07) is 7.18. The lowest BCUT2D eigenvalue weighted by Gasteiger charge is -2.24. The second kappa shape index (κ2) is 9.87. The van der Waals surface area contributed by atoms with Crippen LogP contribution in [-0.4, -0.2) is 57.1 Å². The minimum Gasteiger partial charge on any atom is -0.310 e. The van der Waals surface area contributed by atoms with Gasteiger partial charge in [0.2, 0.25) is 0 Å². The van der Waals surface area contributed by atoms with Crippen LogP contribution >= 0.6 is 0 Å². The Balaban J connectivity index is 2.51. The standard InChI is InChI=1S/C17H30FN3/c1-5-11-19-17(15-6-8-16(18)9-7-15)10-12-21(4)14-13-20(2)3/h6-9,17,19H,5,10-14H2,1-4H3. The van der Waals surface area contributed by atoms with Crippen molar-refractivity contribution >= 4 is 0 Å². The van der Waals surface area contributed by atoms with Gasteiger partial charge in [-0.15, -0.1) is 0 Å². The smallest absolute Gasteiger partial charge is 0.123 e. The monoisotopic (exact) mass is 295 g/mol. The summed E-state index contributed by atoms with van der Waals surface area (Å²) in [6.07, 6.45) is 2.14. The fraction of sp³-hybridized carbons (Fsp3) is 0.647. The van der Waals surface area contributed by atoms with E-state index >= 15 is 0 Å². The predicted molar refractivity (Wildman–Crippen MR) is 88.1 cm³/mol. The molecule has 0 bridgehead atoms. The number of hydrogen-bond acceptors (Lipinski definition) is 3. The van der Waals surface area contributed by atoms with Gasteiger partial charge in [-0.05, 0) is 64.8 Å². The van der Waals surface area contributed by atoms with Gasteiger partial charge in [-0.1, -0.05) is 19.1 Å². The minimum atomic E-state index is -0.170. The van der Waals surface area contributed by atoms with E-state index in [1.165, 1.54) is 5.56 Å². The Bertz CT molecular complexity index is 378. The molecule has 0 saturated heterocycles. The summed E-state index contributed by atoms with van der Waals surface area (Å²) in [5.74, 6) is -0.170. The Labute approximate surface area is 129 Å². The number of benzene rings is 1. The second-order valence-corrected chi connectivity index (χ2v) is 5.95. The van der Waals surface area contributed by atoms with Gasteiger partial charge in [0.05, 0.1) is 0 Å². The molecule has 0 amide bonds. The van der Waals surface area contributed by atoms with E-state index in [1.54, 1.807) is 12.1 Å². The van der Waals surface area contributed by atoms with Crippen molar-refractivity contribution in [2.24, 2.45) is 0 Å². The number of hydrogen-bond donors (Lipinski definition) is 1. The molecule has 0 aliphatic heterocycles. The van der Waals surface area contributed by atoms with Crippen LogP contribution in [0.5, 0.6) is 0 Å². The van der Waals surface area contributed by atoms with Gasteiger partial charge < -0.3 is 15.1 Å². The molecule has 0 saturated carbocycles. The normalized spacial score (nSPS) is 13.1. The average molecular weight is 295 g/mol.